The molecular weight excluding hydrogens is 180 g/mol. The molecule has 2 rings (SSSR count). The van der Waals surface area contributed by atoms with Gasteiger partial charge < -0.3 is 10.2 Å². The highest BCUT2D eigenvalue weighted by Crippen LogP contribution is 2.33. The molecule has 0 amide bonds. The number of phenolic OH excluding ortho intramolecular Hbond substituents is 1. The van der Waals surface area contributed by atoms with Crippen LogP contribution in [0.25, 0.3) is 0 Å². The maximum atomic E-state index is 10.9. The van der Waals surface area contributed by atoms with Crippen LogP contribution >= 0.6 is 0 Å². The zero-order valence-electron chi connectivity index (χ0n) is 7.73. The fraction of sp³-hybridized carbons (Fsp3) is 0.364. The second kappa shape index (κ2) is 3.33. The summed E-state index contributed by atoms with van der Waals surface area (Å²) in [6.07, 6.45) is 2.50. The first-order valence-electron chi connectivity index (χ1n) is 4.73. The van der Waals surface area contributed by atoms with E-state index in [2.05, 4.69) is 0 Å². The van der Waals surface area contributed by atoms with Crippen LogP contribution < -0.4 is 0 Å². The van der Waals surface area contributed by atoms with Crippen molar-refractivity contribution in [2.45, 2.75) is 25.2 Å². The number of benzene rings is 1. The number of aromatic hydroxyl groups is 1. The molecule has 74 valence electrons. The molecule has 0 fully saturated rings. The molecule has 0 aromatic heterocycles. The number of carboxylic acids is 1. The van der Waals surface area contributed by atoms with Crippen LogP contribution in [-0.2, 0) is 11.2 Å². The first-order chi connectivity index (χ1) is 6.68. The van der Waals surface area contributed by atoms with Gasteiger partial charge in [0.15, 0.2) is 0 Å². The Morgan fingerprint density at radius 2 is 2.21 bits per heavy atom. The molecule has 0 bridgehead atoms. The molecule has 1 atom stereocenters. The Hall–Kier alpha value is -1.51. The molecule has 3 nitrogen and oxygen atoms in total. The van der Waals surface area contributed by atoms with E-state index in [0.717, 1.165) is 24.0 Å². The van der Waals surface area contributed by atoms with Gasteiger partial charge >= 0.3 is 5.97 Å². The van der Waals surface area contributed by atoms with Crippen molar-refractivity contribution >= 4 is 5.97 Å². The average Bonchev–Trinajstić information content (AvgIpc) is 2.16. The lowest BCUT2D eigenvalue weighted by atomic mass is 9.83. The van der Waals surface area contributed by atoms with Crippen LogP contribution in [0.1, 0.15) is 29.9 Å². The van der Waals surface area contributed by atoms with Crippen LogP contribution in [0.15, 0.2) is 18.2 Å². The topological polar surface area (TPSA) is 57.5 Å². The molecular formula is C11H12O3. The lowest BCUT2D eigenvalue weighted by Crippen LogP contribution is -2.17. The second-order valence-electron chi connectivity index (χ2n) is 3.67. The van der Waals surface area contributed by atoms with Gasteiger partial charge in [0, 0.05) is 0 Å². The largest absolute Gasteiger partial charge is 0.508 e. The number of hydrogen-bond donors (Lipinski definition) is 2. The Kier molecular flexibility index (Phi) is 2.15. The van der Waals surface area contributed by atoms with Crippen molar-refractivity contribution in [1.82, 2.24) is 0 Å². The second-order valence-corrected chi connectivity index (χ2v) is 3.67. The zero-order valence-corrected chi connectivity index (χ0v) is 7.73. The molecule has 0 heterocycles. The molecule has 2 N–H and O–H groups in total. The summed E-state index contributed by atoms with van der Waals surface area (Å²) in [5.74, 6) is -1.08. The van der Waals surface area contributed by atoms with Gasteiger partial charge in [0.1, 0.15) is 5.75 Å². The van der Waals surface area contributed by atoms with Gasteiger partial charge in [-0.3, -0.25) is 4.79 Å². The third-order valence-electron chi connectivity index (χ3n) is 2.74. The molecule has 0 radical (unpaired) electrons. The summed E-state index contributed by atoms with van der Waals surface area (Å²) >= 11 is 0. The van der Waals surface area contributed by atoms with Crippen molar-refractivity contribution < 1.29 is 15.0 Å². The van der Waals surface area contributed by atoms with Crippen molar-refractivity contribution in [3.05, 3.63) is 29.3 Å². The summed E-state index contributed by atoms with van der Waals surface area (Å²) in [6.45, 7) is 0. The maximum absolute atomic E-state index is 10.9. The van der Waals surface area contributed by atoms with Gasteiger partial charge in [-0.25, -0.2) is 0 Å². The first kappa shape index (κ1) is 9.06. The minimum atomic E-state index is -0.795. The number of aryl methyl sites for hydroxylation is 1. The molecule has 1 aromatic carbocycles. The van der Waals surface area contributed by atoms with Crippen molar-refractivity contribution in [3.8, 4) is 5.75 Å². The monoisotopic (exact) mass is 192 g/mol. The smallest absolute Gasteiger partial charge is 0.310 e. The average molecular weight is 192 g/mol. The van der Waals surface area contributed by atoms with Crippen LogP contribution in [0.5, 0.6) is 5.75 Å². The van der Waals surface area contributed by atoms with Gasteiger partial charge in [-0.1, -0.05) is 6.07 Å². The molecule has 14 heavy (non-hydrogen) atoms. The quantitative estimate of drug-likeness (QED) is 0.714. The summed E-state index contributed by atoms with van der Waals surface area (Å²) in [4.78, 5) is 10.9. The molecule has 0 saturated heterocycles. The molecule has 3 heteroatoms. The highest BCUT2D eigenvalue weighted by Gasteiger charge is 2.26. The summed E-state index contributed by atoms with van der Waals surface area (Å²) in [5.41, 5.74) is 1.84. The summed E-state index contributed by atoms with van der Waals surface area (Å²) < 4.78 is 0. The SMILES string of the molecule is O=C(O)[C@H]1CCCc2ccc(O)cc21. The minimum Gasteiger partial charge on any atom is -0.508 e. The van der Waals surface area contributed by atoms with E-state index in [9.17, 15) is 9.90 Å². The highest BCUT2D eigenvalue weighted by atomic mass is 16.4. The van der Waals surface area contributed by atoms with Gasteiger partial charge in [0.25, 0.3) is 0 Å². The van der Waals surface area contributed by atoms with E-state index in [1.807, 2.05) is 6.07 Å². The van der Waals surface area contributed by atoms with Gasteiger partial charge in [-0.05, 0) is 42.5 Å². The fourth-order valence-corrected chi connectivity index (χ4v) is 2.04. The summed E-state index contributed by atoms with van der Waals surface area (Å²) in [6, 6.07) is 5.01. The van der Waals surface area contributed by atoms with Crippen LogP contribution in [0, 0.1) is 0 Å². The number of fused-ring (bicyclic) bond motifs is 1. The van der Waals surface area contributed by atoms with Gasteiger partial charge in [0.2, 0.25) is 0 Å². The Bertz CT molecular complexity index is 371. The summed E-state index contributed by atoms with van der Waals surface area (Å²) in [5, 5.41) is 18.3. The van der Waals surface area contributed by atoms with Gasteiger partial charge in [-0.2, -0.15) is 0 Å². The number of hydrogen-bond acceptors (Lipinski definition) is 2. The number of carboxylic acid groups (broad SMARTS) is 1. The molecule has 1 aromatic rings. The van der Waals surface area contributed by atoms with Crippen molar-refractivity contribution in [1.29, 1.82) is 0 Å². The van der Waals surface area contributed by atoms with Gasteiger partial charge in [-0.15, -0.1) is 0 Å². The number of aliphatic carboxylic acids is 1. The first-order valence-corrected chi connectivity index (χ1v) is 4.73. The fourth-order valence-electron chi connectivity index (χ4n) is 2.04. The third-order valence-corrected chi connectivity index (χ3v) is 2.74. The van der Waals surface area contributed by atoms with E-state index in [0.29, 0.717) is 6.42 Å². The van der Waals surface area contributed by atoms with E-state index in [1.54, 1.807) is 12.1 Å². The third kappa shape index (κ3) is 1.45. The van der Waals surface area contributed by atoms with Crippen molar-refractivity contribution in [2.75, 3.05) is 0 Å². The van der Waals surface area contributed by atoms with E-state index >= 15 is 0 Å². The van der Waals surface area contributed by atoms with E-state index in [1.165, 1.54) is 0 Å². The Labute approximate surface area is 82.0 Å². The van der Waals surface area contributed by atoms with Crippen LogP contribution in [-0.4, -0.2) is 16.2 Å². The van der Waals surface area contributed by atoms with Crippen molar-refractivity contribution in [3.63, 3.8) is 0 Å². The standard InChI is InChI=1S/C11H12O3/c12-8-5-4-7-2-1-3-9(11(13)14)10(7)6-8/h4-6,9,12H,1-3H2,(H,13,14)/t9-/m0/s1. The molecule has 1 aliphatic carbocycles. The van der Waals surface area contributed by atoms with E-state index in [-0.39, 0.29) is 5.75 Å². The lowest BCUT2D eigenvalue weighted by Gasteiger charge is -2.22. The Morgan fingerprint density at radius 3 is 2.93 bits per heavy atom. The number of carbonyl (C=O) groups is 1. The molecule has 0 aliphatic heterocycles. The predicted octanol–water partition coefficient (Wildman–Crippen LogP) is 1.90. The van der Waals surface area contributed by atoms with Crippen LogP contribution in [0.4, 0.5) is 0 Å². The molecule has 0 unspecified atom stereocenters. The maximum Gasteiger partial charge on any atom is 0.310 e. The van der Waals surface area contributed by atoms with Crippen molar-refractivity contribution in [2.24, 2.45) is 0 Å². The van der Waals surface area contributed by atoms with E-state index in [4.69, 9.17) is 5.11 Å². The Balaban J connectivity index is 2.46. The van der Waals surface area contributed by atoms with Crippen LogP contribution in [0.2, 0.25) is 0 Å². The number of rotatable bonds is 1. The molecule has 1 aliphatic rings. The molecule has 0 spiro atoms. The van der Waals surface area contributed by atoms with Crippen LogP contribution in [0.3, 0.4) is 0 Å². The lowest BCUT2D eigenvalue weighted by molar-refractivity contribution is -0.139. The zero-order chi connectivity index (χ0) is 10.1. The highest BCUT2D eigenvalue weighted by molar-refractivity contribution is 5.77. The van der Waals surface area contributed by atoms with Gasteiger partial charge in [0.05, 0.1) is 5.92 Å². The predicted molar refractivity (Wildman–Crippen MR) is 51.4 cm³/mol. The number of phenols is 1. The normalized spacial score (nSPS) is 20.1. The molecule has 0 saturated carbocycles. The minimum absolute atomic E-state index is 0.150. The van der Waals surface area contributed by atoms with E-state index < -0.39 is 11.9 Å². The Morgan fingerprint density at radius 1 is 1.43 bits per heavy atom. The summed E-state index contributed by atoms with van der Waals surface area (Å²) in [7, 11) is 0.